The molecule has 0 fully saturated rings. The first kappa shape index (κ1) is 11.4. The van der Waals surface area contributed by atoms with Crippen LogP contribution in [0.25, 0.3) is 10.9 Å². The monoisotopic (exact) mass is 321 g/mol. The number of halogens is 1. The van der Waals surface area contributed by atoms with Gasteiger partial charge in [-0.25, -0.2) is 4.98 Å². The van der Waals surface area contributed by atoms with Gasteiger partial charge in [0.1, 0.15) is 0 Å². The second kappa shape index (κ2) is 4.55. The van der Waals surface area contributed by atoms with Crippen LogP contribution in [0.5, 0.6) is 0 Å². The van der Waals surface area contributed by atoms with Gasteiger partial charge in [0.2, 0.25) is 0 Å². The van der Waals surface area contributed by atoms with Crippen molar-refractivity contribution in [3.63, 3.8) is 0 Å². The van der Waals surface area contributed by atoms with Crippen molar-refractivity contribution in [2.75, 3.05) is 5.32 Å². The molecule has 0 spiro atoms. The van der Waals surface area contributed by atoms with E-state index in [9.17, 15) is 4.79 Å². The van der Waals surface area contributed by atoms with Crippen LogP contribution in [0.3, 0.4) is 0 Å². The molecule has 18 heavy (non-hydrogen) atoms. The summed E-state index contributed by atoms with van der Waals surface area (Å²) in [5.74, 6) is -0.159. The van der Waals surface area contributed by atoms with Gasteiger partial charge >= 0.3 is 0 Å². The molecule has 0 bridgehead atoms. The average molecular weight is 322 g/mol. The summed E-state index contributed by atoms with van der Waals surface area (Å²) in [6.07, 6.45) is 3.51. The Hall–Kier alpha value is -1.66. The number of aromatic amines is 1. The molecule has 0 saturated heterocycles. The summed E-state index contributed by atoms with van der Waals surface area (Å²) in [6, 6.07) is 7.51. The fourth-order valence-corrected chi connectivity index (χ4v) is 2.77. The number of nitrogens with zero attached hydrogens (tertiary/aromatic N) is 1. The zero-order valence-corrected chi connectivity index (χ0v) is 11.5. The van der Waals surface area contributed by atoms with Crippen molar-refractivity contribution >= 4 is 49.2 Å². The van der Waals surface area contributed by atoms with Crippen LogP contribution in [-0.4, -0.2) is 15.9 Å². The number of hydrogen-bond donors (Lipinski definition) is 2. The van der Waals surface area contributed by atoms with Crippen molar-refractivity contribution in [3.05, 3.63) is 46.0 Å². The summed E-state index contributed by atoms with van der Waals surface area (Å²) in [5.41, 5.74) is 1.55. The lowest BCUT2D eigenvalue weighted by molar-refractivity contribution is 0.102. The predicted octanol–water partition coefficient (Wildman–Crippen LogP) is 3.64. The maximum Gasteiger partial charge on any atom is 0.257 e. The fraction of sp³-hybridized carbons (Fsp3) is 0. The maximum atomic E-state index is 12.0. The first-order valence-electron chi connectivity index (χ1n) is 5.22. The maximum absolute atomic E-state index is 12.0. The topological polar surface area (TPSA) is 57.8 Å². The standard InChI is InChI=1S/C12H8BrN3OS/c13-10-6-15-12(18-10)16-11(17)8-2-1-7-3-4-14-9(7)5-8/h1-6,14H,(H,15,16,17). The van der Waals surface area contributed by atoms with E-state index in [1.807, 2.05) is 24.4 Å². The van der Waals surface area contributed by atoms with Crippen molar-refractivity contribution in [1.82, 2.24) is 9.97 Å². The molecule has 2 N–H and O–H groups in total. The number of carbonyl (C=O) groups is 1. The Morgan fingerprint density at radius 3 is 3.06 bits per heavy atom. The van der Waals surface area contributed by atoms with E-state index in [0.717, 1.165) is 14.7 Å². The van der Waals surface area contributed by atoms with Gasteiger partial charge in [-0.15, -0.1) is 0 Å². The van der Waals surface area contributed by atoms with Gasteiger partial charge in [-0.2, -0.15) is 0 Å². The number of thiazole rings is 1. The molecule has 0 radical (unpaired) electrons. The average Bonchev–Trinajstić information content (AvgIpc) is 2.96. The summed E-state index contributed by atoms with van der Waals surface area (Å²) in [7, 11) is 0. The molecule has 1 aromatic carbocycles. The van der Waals surface area contributed by atoms with Crippen LogP contribution in [0.1, 0.15) is 10.4 Å². The molecule has 3 rings (SSSR count). The molecule has 0 atom stereocenters. The van der Waals surface area contributed by atoms with Gasteiger partial charge in [-0.1, -0.05) is 17.4 Å². The van der Waals surface area contributed by atoms with Crippen LogP contribution in [0.4, 0.5) is 5.13 Å². The van der Waals surface area contributed by atoms with Gasteiger partial charge in [0.15, 0.2) is 5.13 Å². The van der Waals surface area contributed by atoms with E-state index in [1.54, 1.807) is 12.3 Å². The van der Waals surface area contributed by atoms with Crippen LogP contribution in [0.15, 0.2) is 40.4 Å². The minimum Gasteiger partial charge on any atom is -0.361 e. The summed E-state index contributed by atoms with van der Waals surface area (Å²) < 4.78 is 0.887. The van der Waals surface area contributed by atoms with E-state index in [2.05, 4.69) is 31.2 Å². The molecule has 2 heterocycles. The van der Waals surface area contributed by atoms with Gasteiger partial charge in [-0.05, 0) is 39.5 Å². The smallest absolute Gasteiger partial charge is 0.257 e. The van der Waals surface area contributed by atoms with Crippen molar-refractivity contribution in [1.29, 1.82) is 0 Å². The third-order valence-corrected chi connectivity index (χ3v) is 3.91. The van der Waals surface area contributed by atoms with Crippen LogP contribution in [0.2, 0.25) is 0 Å². The number of aromatic nitrogens is 2. The Bertz CT molecular complexity index is 719. The number of carbonyl (C=O) groups excluding carboxylic acids is 1. The number of nitrogens with one attached hydrogen (secondary N) is 2. The highest BCUT2D eigenvalue weighted by molar-refractivity contribution is 9.11. The van der Waals surface area contributed by atoms with Crippen molar-refractivity contribution in [2.45, 2.75) is 0 Å². The second-order valence-corrected chi connectivity index (χ2v) is 6.11. The lowest BCUT2D eigenvalue weighted by Gasteiger charge is -2.01. The van der Waals surface area contributed by atoms with Crippen molar-refractivity contribution < 1.29 is 4.79 Å². The Labute approximate surface area is 115 Å². The SMILES string of the molecule is O=C(Nc1ncc(Br)s1)c1ccc2cc[nH]c2c1. The highest BCUT2D eigenvalue weighted by Gasteiger charge is 2.09. The molecule has 0 saturated carbocycles. The number of amides is 1. The molecule has 0 unspecified atom stereocenters. The predicted molar refractivity (Wildman–Crippen MR) is 76.1 cm³/mol. The number of rotatable bonds is 2. The lowest BCUT2D eigenvalue weighted by Crippen LogP contribution is -2.11. The number of H-pyrrole nitrogens is 1. The Morgan fingerprint density at radius 2 is 2.28 bits per heavy atom. The van der Waals surface area contributed by atoms with Crippen LogP contribution < -0.4 is 5.32 Å². The minimum atomic E-state index is -0.159. The molecule has 1 amide bonds. The zero-order chi connectivity index (χ0) is 12.5. The van der Waals surface area contributed by atoms with E-state index in [0.29, 0.717) is 10.7 Å². The molecule has 6 heteroatoms. The van der Waals surface area contributed by atoms with Crippen LogP contribution >= 0.6 is 27.3 Å². The number of benzene rings is 1. The first-order chi connectivity index (χ1) is 8.72. The van der Waals surface area contributed by atoms with Gasteiger partial charge in [-0.3, -0.25) is 10.1 Å². The van der Waals surface area contributed by atoms with E-state index in [1.165, 1.54) is 11.3 Å². The first-order valence-corrected chi connectivity index (χ1v) is 6.83. The van der Waals surface area contributed by atoms with Crippen molar-refractivity contribution in [3.8, 4) is 0 Å². The van der Waals surface area contributed by atoms with Gasteiger partial charge in [0, 0.05) is 17.3 Å². The second-order valence-electron chi connectivity index (χ2n) is 3.70. The molecule has 2 aromatic heterocycles. The minimum absolute atomic E-state index is 0.159. The third kappa shape index (κ3) is 2.16. The highest BCUT2D eigenvalue weighted by atomic mass is 79.9. The number of fused-ring (bicyclic) bond motifs is 1. The summed E-state index contributed by atoms with van der Waals surface area (Å²) in [5, 5.41) is 4.43. The number of anilines is 1. The summed E-state index contributed by atoms with van der Waals surface area (Å²) >= 11 is 4.69. The molecule has 0 aliphatic heterocycles. The van der Waals surface area contributed by atoms with E-state index in [-0.39, 0.29) is 5.91 Å². The molecule has 0 aliphatic carbocycles. The third-order valence-electron chi connectivity index (χ3n) is 2.52. The van der Waals surface area contributed by atoms with Gasteiger partial charge in [0.25, 0.3) is 5.91 Å². The Morgan fingerprint density at radius 1 is 1.39 bits per heavy atom. The molecule has 4 nitrogen and oxygen atoms in total. The van der Waals surface area contributed by atoms with Gasteiger partial charge < -0.3 is 4.98 Å². The number of hydrogen-bond acceptors (Lipinski definition) is 3. The Balaban J connectivity index is 1.87. The van der Waals surface area contributed by atoms with E-state index < -0.39 is 0 Å². The van der Waals surface area contributed by atoms with Gasteiger partial charge in [0.05, 0.1) is 9.98 Å². The summed E-state index contributed by atoms with van der Waals surface area (Å²) in [6.45, 7) is 0. The van der Waals surface area contributed by atoms with Crippen molar-refractivity contribution in [2.24, 2.45) is 0 Å². The largest absolute Gasteiger partial charge is 0.361 e. The molecular formula is C12H8BrN3OS. The summed E-state index contributed by atoms with van der Waals surface area (Å²) in [4.78, 5) is 19.2. The highest BCUT2D eigenvalue weighted by Crippen LogP contribution is 2.24. The quantitative estimate of drug-likeness (QED) is 0.757. The van der Waals surface area contributed by atoms with Crippen LogP contribution in [-0.2, 0) is 0 Å². The Kier molecular flexibility index (Phi) is 2.89. The molecule has 90 valence electrons. The fourth-order valence-electron chi connectivity index (χ4n) is 1.67. The normalized spacial score (nSPS) is 10.7. The zero-order valence-electron chi connectivity index (χ0n) is 9.11. The molecule has 3 aromatic rings. The van der Waals surface area contributed by atoms with Crippen LogP contribution in [0, 0.1) is 0 Å². The molecule has 0 aliphatic rings. The van der Waals surface area contributed by atoms with E-state index >= 15 is 0 Å². The van der Waals surface area contributed by atoms with E-state index in [4.69, 9.17) is 0 Å². The lowest BCUT2D eigenvalue weighted by atomic mass is 10.1. The molecular weight excluding hydrogens is 314 g/mol.